The second-order valence-corrected chi connectivity index (χ2v) is 7.69. The molecule has 2 aromatic carbocycles. The maximum Gasteiger partial charge on any atom is 0.185 e. The number of aliphatic imine (C=N–C) groups is 2. The lowest BCUT2D eigenvalue weighted by atomic mass is 10.0. The summed E-state index contributed by atoms with van der Waals surface area (Å²) in [5.74, 6) is 0. The Bertz CT molecular complexity index is 989. The number of fused-ring (bicyclic) bond motifs is 1. The molecule has 4 rings (SSSR count). The number of benzene rings is 2. The van der Waals surface area contributed by atoms with Crippen LogP contribution in [-0.2, 0) is 19.4 Å². The third-order valence-corrected chi connectivity index (χ3v) is 5.86. The fraction of sp³-hybridized carbons (Fsp3) is 0.227. The topological polar surface area (TPSA) is 40.9 Å². The predicted molar refractivity (Wildman–Crippen MR) is 116 cm³/mol. The highest BCUT2D eigenvalue weighted by Gasteiger charge is 2.18. The van der Waals surface area contributed by atoms with Crippen molar-refractivity contribution >= 4 is 40.8 Å². The van der Waals surface area contributed by atoms with Crippen LogP contribution < -0.4 is 4.90 Å². The Kier molecular flexibility index (Phi) is 5.12. The number of anilines is 1. The van der Waals surface area contributed by atoms with Crippen LogP contribution in [0.15, 0.2) is 58.6 Å². The first kappa shape index (κ1) is 17.6. The molecule has 27 heavy (non-hydrogen) atoms. The van der Waals surface area contributed by atoms with Crippen LogP contribution in [0.5, 0.6) is 0 Å². The first-order valence-electron chi connectivity index (χ1n) is 9.11. The first-order chi connectivity index (χ1) is 13.3. The Morgan fingerprint density at radius 2 is 2.04 bits per heavy atom. The quantitative estimate of drug-likeness (QED) is 0.565. The van der Waals surface area contributed by atoms with E-state index in [9.17, 15) is 0 Å². The summed E-state index contributed by atoms with van der Waals surface area (Å²) in [4.78, 5) is 16.8. The fourth-order valence-corrected chi connectivity index (χ4v) is 4.41. The molecule has 1 aliphatic heterocycles. The highest BCUT2D eigenvalue weighted by Crippen LogP contribution is 2.32. The van der Waals surface area contributed by atoms with E-state index in [0.717, 1.165) is 42.4 Å². The molecule has 0 saturated carbocycles. The van der Waals surface area contributed by atoms with Gasteiger partial charge in [0.2, 0.25) is 0 Å². The van der Waals surface area contributed by atoms with Crippen molar-refractivity contribution in [2.24, 2.45) is 9.98 Å². The van der Waals surface area contributed by atoms with Crippen LogP contribution in [0.1, 0.15) is 28.5 Å². The van der Waals surface area contributed by atoms with Crippen molar-refractivity contribution in [2.45, 2.75) is 26.3 Å². The van der Waals surface area contributed by atoms with Gasteiger partial charge < -0.3 is 4.90 Å². The van der Waals surface area contributed by atoms with E-state index < -0.39 is 0 Å². The van der Waals surface area contributed by atoms with Crippen LogP contribution in [0.25, 0.3) is 0 Å². The lowest BCUT2D eigenvalue weighted by molar-refractivity contribution is 0.729. The summed E-state index contributed by atoms with van der Waals surface area (Å²) in [6.07, 6.45) is 5.72. The molecule has 5 heteroatoms. The van der Waals surface area contributed by atoms with Crippen molar-refractivity contribution in [3.8, 4) is 0 Å². The third kappa shape index (κ3) is 3.83. The molecule has 0 bridgehead atoms. The average Bonchev–Trinajstić information content (AvgIpc) is 3.16. The van der Waals surface area contributed by atoms with Gasteiger partial charge in [-0.05, 0) is 48.9 Å². The lowest BCUT2D eigenvalue weighted by Crippen LogP contribution is -2.30. The van der Waals surface area contributed by atoms with Crippen LogP contribution in [0.4, 0.5) is 16.5 Å². The van der Waals surface area contributed by atoms with Crippen LogP contribution in [-0.4, -0.2) is 24.5 Å². The molecule has 0 atom stereocenters. The van der Waals surface area contributed by atoms with Gasteiger partial charge in [0.05, 0.1) is 11.4 Å². The molecular formula is C22H22N4S. The van der Waals surface area contributed by atoms with Gasteiger partial charge in [0.1, 0.15) is 0 Å². The Labute approximate surface area is 164 Å². The van der Waals surface area contributed by atoms with E-state index >= 15 is 0 Å². The summed E-state index contributed by atoms with van der Waals surface area (Å²) >= 11 is 1.78. The number of nitrogens with zero attached hydrogens (tertiary/aromatic N) is 4. The Balaban J connectivity index is 1.51. The standard InChI is InChI=1S/C22H22N4S/c1-3-24-21-13-16(8-9-20(21)23-2)12-19-14-25-22(27-19)26-11-10-17-6-4-5-7-18(17)15-26/h3-9,13-14H,2,10-12,15H2,1H3/b24-3-. The van der Waals surface area contributed by atoms with Gasteiger partial charge in [-0.3, -0.25) is 9.98 Å². The summed E-state index contributed by atoms with van der Waals surface area (Å²) in [6.45, 7) is 7.50. The Morgan fingerprint density at radius 3 is 2.85 bits per heavy atom. The molecule has 1 aromatic heterocycles. The SMILES string of the molecule is C=Nc1ccc(Cc2cnc(N3CCc4ccccc4C3)s2)cc1/N=C\C. The summed E-state index contributed by atoms with van der Waals surface area (Å²) in [6, 6.07) is 14.9. The van der Waals surface area contributed by atoms with Crippen LogP contribution in [0, 0.1) is 0 Å². The average molecular weight is 375 g/mol. The maximum atomic E-state index is 4.69. The summed E-state index contributed by atoms with van der Waals surface area (Å²) in [5, 5.41) is 1.11. The normalized spacial score (nSPS) is 13.7. The van der Waals surface area contributed by atoms with Crippen molar-refractivity contribution in [3.63, 3.8) is 0 Å². The zero-order chi connectivity index (χ0) is 18.6. The molecule has 0 spiro atoms. The molecule has 0 aliphatic carbocycles. The van der Waals surface area contributed by atoms with Gasteiger partial charge in [-0.2, -0.15) is 0 Å². The van der Waals surface area contributed by atoms with Gasteiger partial charge in [0.25, 0.3) is 0 Å². The highest BCUT2D eigenvalue weighted by atomic mass is 32.1. The number of hydrogen-bond acceptors (Lipinski definition) is 5. The number of rotatable bonds is 5. The lowest BCUT2D eigenvalue weighted by Gasteiger charge is -2.28. The van der Waals surface area contributed by atoms with E-state index in [1.807, 2.05) is 19.2 Å². The van der Waals surface area contributed by atoms with Gasteiger partial charge >= 0.3 is 0 Å². The monoisotopic (exact) mass is 374 g/mol. The van der Waals surface area contributed by atoms with Crippen LogP contribution in [0.3, 0.4) is 0 Å². The van der Waals surface area contributed by atoms with Crippen LogP contribution >= 0.6 is 11.3 Å². The molecule has 4 nitrogen and oxygen atoms in total. The molecule has 3 aromatic rings. The molecule has 0 amide bonds. The van der Waals surface area contributed by atoms with Gasteiger partial charge in [-0.15, -0.1) is 11.3 Å². The maximum absolute atomic E-state index is 4.69. The largest absolute Gasteiger partial charge is 0.343 e. The van der Waals surface area contributed by atoms with Crippen molar-refractivity contribution in [2.75, 3.05) is 11.4 Å². The summed E-state index contributed by atoms with van der Waals surface area (Å²) in [7, 11) is 0. The minimum atomic E-state index is 0.814. The van der Waals surface area contributed by atoms with E-state index in [4.69, 9.17) is 0 Å². The number of aromatic nitrogens is 1. The van der Waals surface area contributed by atoms with Gasteiger partial charge in [0, 0.05) is 36.8 Å². The van der Waals surface area contributed by atoms with Gasteiger partial charge in [0.15, 0.2) is 5.13 Å². The first-order valence-corrected chi connectivity index (χ1v) is 9.93. The van der Waals surface area contributed by atoms with Crippen molar-refractivity contribution in [1.82, 2.24) is 4.98 Å². The minimum absolute atomic E-state index is 0.814. The van der Waals surface area contributed by atoms with Crippen molar-refractivity contribution in [3.05, 3.63) is 70.2 Å². The predicted octanol–water partition coefficient (Wildman–Crippen LogP) is 5.35. The molecule has 0 radical (unpaired) electrons. The number of hydrogen-bond donors (Lipinski definition) is 0. The molecule has 1 aliphatic rings. The molecule has 0 saturated heterocycles. The van der Waals surface area contributed by atoms with Crippen molar-refractivity contribution in [1.29, 1.82) is 0 Å². The van der Waals surface area contributed by atoms with E-state index in [1.54, 1.807) is 17.6 Å². The zero-order valence-corrected chi connectivity index (χ0v) is 16.2. The minimum Gasteiger partial charge on any atom is -0.343 e. The second-order valence-electron chi connectivity index (χ2n) is 6.59. The molecular weight excluding hydrogens is 352 g/mol. The Morgan fingerprint density at radius 1 is 1.19 bits per heavy atom. The fourth-order valence-electron chi connectivity index (χ4n) is 3.44. The molecule has 0 unspecified atom stereocenters. The zero-order valence-electron chi connectivity index (χ0n) is 15.4. The van der Waals surface area contributed by atoms with Gasteiger partial charge in [-0.25, -0.2) is 4.98 Å². The Hall–Kier alpha value is -2.79. The second kappa shape index (κ2) is 7.84. The van der Waals surface area contributed by atoms with Crippen molar-refractivity contribution < 1.29 is 0 Å². The van der Waals surface area contributed by atoms with E-state index in [0.29, 0.717) is 0 Å². The molecule has 2 heterocycles. The van der Waals surface area contributed by atoms with E-state index in [2.05, 4.69) is 63.0 Å². The molecule has 136 valence electrons. The highest BCUT2D eigenvalue weighted by molar-refractivity contribution is 7.15. The van der Waals surface area contributed by atoms with E-state index in [1.165, 1.54) is 21.6 Å². The third-order valence-electron chi connectivity index (χ3n) is 4.80. The van der Waals surface area contributed by atoms with Gasteiger partial charge in [-0.1, -0.05) is 30.3 Å². The number of thiazole rings is 1. The molecule has 0 fully saturated rings. The summed E-state index contributed by atoms with van der Waals surface area (Å²) in [5.41, 5.74) is 5.76. The smallest absolute Gasteiger partial charge is 0.185 e. The van der Waals surface area contributed by atoms with E-state index in [-0.39, 0.29) is 0 Å². The van der Waals surface area contributed by atoms with Crippen LogP contribution in [0.2, 0.25) is 0 Å². The molecule has 0 N–H and O–H groups in total. The summed E-state index contributed by atoms with van der Waals surface area (Å²) < 4.78 is 0.